The maximum atomic E-state index is 8.53. The third kappa shape index (κ3) is 4.98. The Morgan fingerprint density at radius 3 is 2.77 bits per heavy atom. The van der Waals surface area contributed by atoms with E-state index in [4.69, 9.17) is 14.7 Å². The van der Waals surface area contributed by atoms with Crippen LogP contribution in [-0.4, -0.2) is 12.4 Å². The summed E-state index contributed by atoms with van der Waals surface area (Å²) in [6.45, 7) is 4.64. The molecule has 1 aromatic carbocycles. The van der Waals surface area contributed by atoms with Crippen LogP contribution in [0.1, 0.15) is 51.2 Å². The van der Waals surface area contributed by atoms with Gasteiger partial charge in [-0.1, -0.05) is 42.5 Å². The number of allylic oxidation sites excluding steroid dienone is 2. The van der Waals surface area contributed by atoms with Crippen molar-refractivity contribution in [1.82, 2.24) is 0 Å². The molecule has 0 radical (unpaired) electrons. The summed E-state index contributed by atoms with van der Waals surface area (Å²) in [4.78, 5) is 0. The summed E-state index contributed by atoms with van der Waals surface area (Å²) >= 11 is 0. The van der Waals surface area contributed by atoms with Gasteiger partial charge in [0.15, 0.2) is 5.79 Å². The number of benzene rings is 1. The second-order valence-electron chi connectivity index (χ2n) is 6.18. The standard InChI is InChI=1S/C19H25NO2/c1-19(2)21-15-17(13-7-4-3-5-10-14-20)18(22-19)16-11-8-6-9-12-16/h4,6-9,11-12,17-18H,3,5,10,13,15H2,1-2H3/t17-,18-/m1/s1. The molecule has 118 valence electrons. The molecule has 0 unspecified atom stereocenters. The molecule has 1 aromatic rings. The molecule has 0 spiro atoms. The summed E-state index contributed by atoms with van der Waals surface area (Å²) in [6, 6.07) is 12.5. The van der Waals surface area contributed by atoms with Crippen molar-refractivity contribution < 1.29 is 9.47 Å². The van der Waals surface area contributed by atoms with Crippen molar-refractivity contribution in [2.75, 3.05) is 6.61 Å². The zero-order chi connectivity index (χ0) is 15.8. The lowest BCUT2D eigenvalue weighted by Crippen LogP contribution is -2.41. The van der Waals surface area contributed by atoms with Gasteiger partial charge >= 0.3 is 0 Å². The second-order valence-corrected chi connectivity index (χ2v) is 6.18. The fourth-order valence-corrected chi connectivity index (χ4v) is 2.69. The van der Waals surface area contributed by atoms with Gasteiger partial charge in [-0.05, 0) is 38.7 Å². The van der Waals surface area contributed by atoms with E-state index in [-0.39, 0.29) is 6.10 Å². The zero-order valence-electron chi connectivity index (χ0n) is 13.5. The molecule has 0 aromatic heterocycles. The Hall–Kier alpha value is -1.63. The molecule has 1 fully saturated rings. The molecule has 1 aliphatic rings. The third-order valence-corrected chi connectivity index (χ3v) is 3.88. The number of ether oxygens (including phenoxy) is 2. The molecule has 1 heterocycles. The van der Waals surface area contributed by atoms with Crippen LogP contribution in [0.5, 0.6) is 0 Å². The van der Waals surface area contributed by atoms with E-state index in [9.17, 15) is 0 Å². The van der Waals surface area contributed by atoms with E-state index < -0.39 is 5.79 Å². The zero-order valence-corrected chi connectivity index (χ0v) is 13.5. The van der Waals surface area contributed by atoms with E-state index in [1.807, 2.05) is 19.9 Å². The van der Waals surface area contributed by atoms with Gasteiger partial charge < -0.3 is 9.47 Å². The summed E-state index contributed by atoms with van der Waals surface area (Å²) in [5, 5.41) is 8.53. The number of unbranched alkanes of at least 4 members (excludes halogenated alkanes) is 2. The minimum absolute atomic E-state index is 0.0636. The van der Waals surface area contributed by atoms with Crippen molar-refractivity contribution in [2.45, 2.75) is 51.4 Å². The molecule has 1 aliphatic heterocycles. The molecule has 22 heavy (non-hydrogen) atoms. The highest BCUT2D eigenvalue weighted by atomic mass is 16.7. The summed E-state index contributed by atoms with van der Waals surface area (Å²) in [6.07, 6.45) is 7.88. The molecule has 1 saturated heterocycles. The Labute approximate surface area is 133 Å². The van der Waals surface area contributed by atoms with Crippen LogP contribution in [-0.2, 0) is 9.47 Å². The molecule has 0 bridgehead atoms. The van der Waals surface area contributed by atoms with Crippen LogP contribution in [0.2, 0.25) is 0 Å². The number of hydrogen-bond donors (Lipinski definition) is 0. The van der Waals surface area contributed by atoms with Crippen molar-refractivity contribution in [3.05, 3.63) is 48.0 Å². The molecule has 0 aliphatic carbocycles. The molecule has 3 heteroatoms. The third-order valence-electron chi connectivity index (χ3n) is 3.88. The number of rotatable bonds is 6. The molecule has 3 nitrogen and oxygen atoms in total. The minimum atomic E-state index is -0.534. The van der Waals surface area contributed by atoms with Gasteiger partial charge in [0, 0.05) is 12.3 Å². The summed E-state index contributed by atoms with van der Waals surface area (Å²) in [7, 11) is 0. The first-order chi connectivity index (χ1) is 10.6. The normalized spacial score (nSPS) is 24.2. The highest BCUT2D eigenvalue weighted by molar-refractivity contribution is 5.19. The molecule has 0 amide bonds. The van der Waals surface area contributed by atoms with Crippen molar-refractivity contribution >= 4 is 0 Å². The van der Waals surface area contributed by atoms with Crippen LogP contribution in [0.25, 0.3) is 0 Å². The molecular weight excluding hydrogens is 274 g/mol. The highest BCUT2D eigenvalue weighted by Crippen LogP contribution is 2.38. The fourth-order valence-electron chi connectivity index (χ4n) is 2.69. The predicted octanol–water partition coefficient (Wildman–Crippen LogP) is 4.77. The Bertz CT molecular complexity index is 516. The van der Waals surface area contributed by atoms with E-state index in [0.29, 0.717) is 18.9 Å². The number of hydrogen-bond acceptors (Lipinski definition) is 3. The molecular formula is C19H25NO2. The lowest BCUT2D eigenvalue weighted by atomic mass is 9.91. The van der Waals surface area contributed by atoms with Crippen molar-refractivity contribution in [2.24, 2.45) is 5.92 Å². The van der Waals surface area contributed by atoms with Gasteiger partial charge in [-0.15, -0.1) is 0 Å². The monoisotopic (exact) mass is 299 g/mol. The first-order valence-electron chi connectivity index (χ1n) is 8.01. The Kier molecular flexibility index (Phi) is 6.18. The summed E-state index contributed by atoms with van der Waals surface area (Å²) in [5.74, 6) is -0.212. The van der Waals surface area contributed by atoms with Gasteiger partial charge in [0.25, 0.3) is 0 Å². The van der Waals surface area contributed by atoms with Crippen molar-refractivity contribution in [3.63, 3.8) is 0 Å². The molecule has 2 atom stereocenters. The molecule has 0 N–H and O–H groups in total. The average molecular weight is 299 g/mol. The van der Waals surface area contributed by atoms with Gasteiger partial charge in [-0.2, -0.15) is 5.26 Å². The topological polar surface area (TPSA) is 42.2 Å². The molecule has 2 rings (SSSR count). The number of nitrogens with zero attached hydrogens (tertiary/aromatic N) is 1. The van der Waals surface area contributed by atoms with Crippen molar-refractivity contribution in [1.29, 1.82) is 5.26 Å². The van der Waals surface area contributed by atoms with Crippen LogP contribution >= 0.6 is 0 Å². The van der Waals surface area contributed by atoms with Crippen LogP contribution in [0.15, 0.2) is 42.5 Å². The smallest absolute Gasteiger partial charge is 0.163 e. The highest BCUT2D eigenvalue weighted by Gasteiger charge is 2.36. The minimum Gasteiger partial charge on any atom is -0.350 e. The lowest BCUT2D eigenvalue weighted by molar-refractivity contribution is -0.295. The Balaban J connectivity index is 1.97. The fraction of sp³-hybridized carbons (Fsp3) is 0.526. The first-order valence-corrected chi connectivity index (χ1v) is 8.01. The van der Waals surface area contributed by atoms with E-state index in [0.717, 1.165) is 19.3 Å². The van der Waals surface area contributed by atoms with Gasteiger partial charge in [0.2, 0.25) is 0 Å². The Morgan fingerprint density at radius 1 is 1.27 bits per heavy atom. The predicted molar refractivity (Wildman–Crippen MR) is 87.0 cm³/mol. The summed E-state index contributed by atoms with van der Waals surface area (Å²) < 4.78 is 12.0. The molecule has 0 saturated carbocycles. The first kappa shape index (κ1) is 16.7. The van der Waals surface area contributed by atoms with E-state index in [1.165, 1.54) is 5.56 Å². The van der Waals surface area contributed by atoms with E-state index in [2.05, 4.69) is 42.5 Å². The number of nitriles is 1. The van der Waals surface area contributed by atoms with Gasteiger partial charge in [0.1, 0.15) is 0 Å². The second kappa shape index (κ2) is 8.12. The maximum Gasteiger partial charge on any atom is 0.163 e. The average Bonchev–Trinajstić information content (AvgIpc) is 2.52. The van der Waals surface area contributed by atoms with Gasteiger partial charge in [-0.25, -0.2) is 0 Å². The van der Waals surface area contributed by atoms with Crippen LogP contribution in [0.4, 0.5) is 0 Å². The van der Waals surface area contributed by atoms with Crippen LogP contribution in [0, 0.1) is 17.2 Å². The van der Waals surface area contributed by atoms with Crippen LogP contribution in [0.3, 0.4) is 0 Å². The van der Waals surface area contributed by atoms with Crippen molar-refractivity contribution in [3.8, 4) is 6.07 Å². The SMILES string of the molecule is CC1(C)OC[C@@H](CC=CCCCC#N)[C@@H](c2ccccc2)O1. The lowest BCUT2D eigenvalue weighted by Gasteiger charge is -2.41. The van der Waals surface area contributed by atoms with Gasteiger partial charge in [-0.3, -0.25) is 0 Å². The van der Waals surface area contributed by atoms with E-state index >= 15 is 0 Å². The van der Waals surface area contributed by atoms with E-state index in [1.54, 1.807) is 0 Å². The largest absolute Gasteiger partial charge is 0.350 e. The van der Waals surface area contributed by atoms with Crippen LogP contribution < -0.4 is 0 Å². The summed E-state index contributed by atoms with van der Waals surface area (Å²) in [5.41, 5.74) is 1.21. The maximum absolute atomic E-state index is 8.53. The van der Waals surface area contributed by atoms with Gasteiger partial charge in [0.05, 0.1) is 18.8 Å². The quantitative estimate of drug-likeness (QED) is 0.561. The Morgan fingerprint density at radius 2 is 2.05 bits per heavy atom.